The maximum Gasteiger partial charge on any atom is 0.308 e. The Morgan fingerprint density at radius 3 is 2.56 bits per heavy atom. The van der Waals surface area contributed by atoms with E-state index in [9.17, 15) is 9.59 Å². The minimum absolute atomic E-state index is 0.00679. The molecule has 1 heterocycles. The first-order valence-corrected chi connectivity index (χ1v) is 6.22. The summed E-state index contributed by atoms with van der Waals surface area (Å²) in [5, 5.41) is 14.8. The van der Waals surface area contributed by atoms with Crippen molar-refractivity contribution in [1.82, 2.24) is 10.6 Å². The largest absolute Gasteiger partial charge is 0.481 e. The van der Waals surface area contributed by atoms with Gasteiger partial charge in [-0.15, -0.1) is 0 Å². The van der Waals surface area contributed by atoms with Gasteiger partial charge in [0.15, 0.2) is 0 Å². The number of amides is 1. The Labute approximate surface area is 107 Å². The number of likely N-dealkylation sites (N-methyl/N-ethyl adjacent to an activating group) is 1. The van der Waals surface area contributed by atoms with Gasteiger partial charge in [-0.25, -0.2) is 0 Å². The van der Waals surface area contributed by atoms with E-state index in [2.05, 4.69) is 10.6 Å². The Morgan fingerprint density at radius 1 is 1.39 bits per heavy atom. The Hall–Kier alpha value is -1.14. The first kappa shape index (κ1) is 14.9. The predicted molar refractivity (Wildman–Crippen MR) is 66.1 cm³/mol. The lowest BCUT2D eigenvalue weighted by Crippen LogP contribution is -2.45. The number of aliphatic carboxylic acids is 1. The summed E-state index contributed by atoms with van der Waals surface area (Å²) in [4.78, 5) is 22.9. The molecule has 3 unspecified atom stereocenters. The second-order valence-electron chi connectivity index (χ2n) is 4.97. The van der Waals surface area contributed by atoms with E-state index in [1.165, 1.54) is 0 Å². The molecule has 3 atom stereocenters. The number of carboxylic acid groups (broad SMARTS) is 1. The van der Waals surface area contributed by atoms with E-state index in [4.69, 9.17) is 9.84 Å². The number of carboxylic acids is 1. The topological polar surface area (TPSA) is 87.7 Å². The van der Waals surface area contributed by atoms with Crippen molar-refractivity contribution in [3.05, 3.63) is 0 Å². The van der Waals surface area contributed by atoms with Crippen LogP contribution in [0, 0.1) is 17.8 Å². The zero-order valence-corrected chi connectivity index (χ0v) is 11.1. The molecule has 0 aromatic heterocycles. The van der Waals surface area contributed by atoms with Crippen LogP contribution < -0.4 is 10.6 Å². The fourth-order valence-electron chi connectivity index (χ4n) is 2.05. The molecule has 0 radical (unpaired) electrons. The van der Waals surface area contributed by atoms with Crippen LogP contribution in [0.4, 0.5) is 0 Å². The lowest BCUT2D eigenvalue weighted by atomic mass is 9.95. The van der Waals surface area contributed by atoms with Gasteiger partial charge in [-0.05, 0) is 13.0 Å². The highest BCUT2D eigenvalue weighted by Gasteiger charge is 2.33. The summed E-state index contributed by atoms with van der Waals surface area (Å²) in [7, 11) is 1.79. The highest BCUT2D eigenvalue weighted by atomic mass is 16.5. The molecular formula is C12H22N2O4. The van der Waals surface area contributed by atoms with Gasteiger partial charge in [0.25, 0.3) is 0 Å². The SMILES string of the molecule is CNC1COCC1C(=O)NCC(C(=O)O)C(C)C. The normalized spacial score (nSPS) is 25.1. The van der Waals surface area contributed by atoms with Crippen LogP contribution in [-0.4, -0.2) is 49.8 Å². The van der Waals surface area contributed by atoms with Gasteiger partial charge >= 0.3 is 5.97 Å². The van der Waals surface area contributed by atoms with E-state index >= 15 is 0 Å². The number of nitrogens with one attached hydrogen (secondary N) is 2. The monoisotopic (exact) mass is 258 g/mol. The van der Waals surface area contributed by atoms with E-state index in [-0.39, 0.29) is 30.3 Å². The Morgan fingerprint density at radius 2 is 2.06 bits per heavy atom. The summed E-state index contributed by atoms with van der Waals surface area (Å²) >= 11 is 0. The van der Waals surface area contributed by atoms with Crippen molar-refractivity contribution in [3.8, 4) is 0 Å². The van der Waals surface area contributed by atoms with Gasteiger partial charge in [0, 0.05) is 12.6 Å². The van der Waals surface area contributed by atoms with Crippen LogP contribution in [0.25, 0.3) is 0 Å². The fraction of sp³-hybridized carbons (Fsp3) is 0.833. The third kappa shape index (κ3) is 3.68. The smallest absolute Gasteiger partial charge is 0.308 e. The van der Waals surface area contributed by atoms with Crippen molar-refractivity contribution in [2.45, 2.75) is 19.9 Å². The molecular weight excluding hydrogens is 236 g/mol. The highest BCUT2D eigenvalue weighted by Crippen LogP contribution is 2.14. The van der Waals surface area contributed by atoms with E-state index in [0.717, 1.165) is 0 Å². The molecule has 6 nitrogen and oxygen atoms in total. The molecule has 1 aliphatic rings. The molecule has 0 aromatic carbocycles. The van der Waals surface area contributed by atoms with Crippen LogP contribution >= 0.6 is 0 Å². The summed E-state index contributed by atoms with van der Waals surface area (Å²) in [5.74, 6) is -1.82. The zero-order valence-electron chi connectivity index (χ0n) is 11.1. The fourth-order valence-corrected chi connectivity index (χ4v) is 2.05. The maximum atomic E-state index is 11.9. The van der Waals surface area contributed by atoms with Crippen molar-refractivity contribution in [2.75, 3.05) is 26.8 Å². The van der Waals surface area contributed by atoms with Gasteiger partial charge in [0.2, 0.25) is 5.91 Å². The maximum absolute atomic E-state index is 11.9. The standard InChI is InChI=1S/C12H22N2O4/c1-7(2)8(12(16)17)4-14-11(15)9-5-18-6-10(9)13-3/h7-10,13H,4-6H2,1-3H3,(H,14,15)(H,16,17). The van der Waals surface area contributed by atoms with Crippen molar-refractivity contribution >= 4 is 11.9 Å². The van der Waals surface area contributed by atoms with Crippen LogP contribution in [-0.2, 0) is 14.3 Å². The van der Waals surface area contributed by atoms with Crippen molar-refractivity contribution < 1.29 is 19.4 Å². The number of carbonyl (C=O) groups excluding carboxylic acids is 1. The van der Waals surface area contributed by atoms with Crippen molar-refractivity contribution in [2.24, 2.45) is 17.8 Å². The molecule has 18 heavy (non-hydrogen) atoms. The van der Waals surface area contributed by atoms with Crippen molar-refractivity contribution in [3.63, 3.8) is 0 Å². The van der Waals surface area contributed by atoms with E-state index in [0.29, 0.717) is 13.2 Å². The zero-order chi connectivity index (χ0) is 13.7. The molecule has 6 heteroatoms. The molecule has 1 rings (SSSR count). The van der Waals surface area contributed by atoms with Gasteiger partial charge in [-0.2, -0.15) is 0 Å². The summed E-state index contributed by atoms with van der Waals surface area (Å²) in [6.45, 7) is 4.73. The molecule has 1 amide bonds. The van der Waals surface area contributed by atoms with Crippen molar-refractivity contribution in [1.29, 1.82) is 0 Å². The number of ether oxygens (including phenoxy) is 1. The summed E-state index contributed by atoms with van der Waals surface area (Å²) in [6.07, 6.45) is 0. The molecule has 0 aromatic rings. The molecule has 0 saturated carbocycles. The summed E-state index contributed by atoms with van der Waals surface area (Å²) in [5.41, 5.74) is 0. The third-order valence-corrected chi connectivity index (χ3v) is 3.41. The second-order valence-corrected chi connectivity index (χ2v) is 4.97. The molecule has 0 bridgehead atoms. The highest BCUT2D eigenvalue weighted by molar-refractivity contribution is 5.80. The molecule has 1 aliphatic heterocycles. The number of hydrogen-bond donors (Lipinski definition) is 3. The van der Waals surface area contributed by atoms with E-state index in [1.54, 1.807) is 7.05 Å². The Balaban J connectivity index is 2.47. The summed E-state index contributed by atoms with van der Waals surface area (Å²) in [6, 6.07) is 0.00679. The lowest BCUT2D eigenvalue weighted by molar-refractivity contribution is -0.143. The Kier molecular flexibility index (Phi) is 5.55. The first-order chi connectivity index (χ1) is 8.47. The second kappa shape index (κ2) is 6.70. The van der Waals surface area contributed by atoms with Crippen LogP contribution in [0.3, 0.4) is 0 Å². The molecule has 104 valence electrons. The Bertz CT molecular complexity index is 306. The predicted octanol–water partition coefficient (Wildman–Crippen LogP) is -0.306. The minimum Gasteiger partial charge on any atom is -0.481 e. The average Bonchev–Trinajstić information content (AvgIpc) is 2.75. The van der Waals surface area contributed by atoms with Gasteiger partial charge in [-0.3, -0.25) is 9.59 Å². The molecule has 0 spiro atoms. The molecule has 0 aliphatic carbocycles. The van der Waals surface area contributed by atoms with Gasteiger partial charge < -0.3 is 20.5 Å². The van der Waals surface area contributed by atoms with E-state index < -0.39 is 11.9 Å². The van der Waals surface area contributed by atoms with Gasteiger partial charge in [-0.1, -0.05) is 13.8 Å². The first-order valence-electron chi connectivity index (χ1n) is 6.22. The molecule has 3 N–H and O–H groups in total. The van der Waals surface area contributed by atoms with E-state index in [1.807, 2.05) is 13.8 Å². The third-order valence-electron chi connectivity index (χ3n) is 3.41. The number of rotatable bonds is 6. The van der Waals surface area contributed by atoms with Gasteiger partial charge in [0.05, 0.1) is 25.0 Å². The number of hydrogen-bond acceptors (Lipinski definition) is 4. The van der Waals surface area contributed by atoms with Crippen LogP contribution in [0.2, 0.25) is 0 Å². The molecule has 1 fully saturated rings. The van der Waals surface area contributed by atoms with Crippen LogP contribution in [0.15, 0.2) is 0 Å². The van der Waals surface area contributed by atoms with Crippen LogP contribution in [0.1, 0.15) is 13.8 Å². The molecule has 1 saturated heterocycles. The minimum atomic E-state index is -0.877. The van der Waals surface area contributed by atoms with Crippen LogP contribution in [0.5, 0.6) is 0 Å². The lowest BCUT2D eigenvalue weighted by Gasteiger charge is -2.20. The summed E-state index contributed by atoms with van der Waals surface area (Å²) < 4.78 is 5.24. The number of carbonyl (C=O) groups is 2. The average molecular weight is 258 g/mol. The quantitative estimate of drug-likeness (QED) is 0.608. The van der Waals surface area contributed by atoms with Gasteiger partial charge in [0.1, 0.15) is 0 Å².